The average molecular weight is 426 g/mol. The van der Waals surface area contributed by atoms with Gasteiger partial charge in [-0.3, -0.25) is 9.48 Å². The first-order valence-electron chi connectivity index (χ1n) is 9.92. The van der Waals surface area contributed by atoms with Gasteiger partial charge in [0, 0.05) is 63.5 Å². The highest BCUT2D eigenvalue weighted by atomic mass is 35.5. The molecule has 0 saturated carbocycles. The third kappa shape index (κ3) is 4.43. The molecule has 0 bridgehead atoms. The van der Waals surface area contributed by atoms with Crippen molar-refractivity contribution in [2.45, 2.75) is 25.3 Å². The predicted molar refractivity (Wildman–Crippen MR) is 115 cm³/mol. The third-order valence-corrected chi connectivity index (χ3v) is 5.47. The van der Waals surface area contributed by atoms with Gasteiger partial charge in [-0.25, -0.2) is 15.0 Å². The van der Waals surface area contributed by atoms with Crippen LogP contribution in [0.3, 0.4) is 0 Å². The maximum atomic E-state index is 12.8. The first-order valence-corrected chi connectivity index (χ1v) is 10.3. The van der Waals surface area contributed by atoms with Crippen LogP contribution in [0, 0.1) is 0 Å². The number of aromatic nitrogens is 5. The summed E-state index contributed by atoms with van der Waals surface area (Å²) >= 11 is 6.13. The lowest BCUT2D eigenvalue weighted by Gasteiger charge is -2.33. The minimum atomic E-state index is 0.0683. The summed E-state index contributed by atoms with van der Waals surface area (Å²) in [5.74, 6) is 0.830. The number of pyridine rings is 1. The molecule has 1 saturated heterocycles. The Kier molecular flexibility index (Phi) is 5.94. The van der Waals surface area contributed by atoms with Crippen LogP contribution in [-0.4, -0.2) is 62.7 Å². The van der Waals surface area contributed by atoms with Crippen LogP contribution in [0.5, 0.6) is 0 Å². The smallest absolute Gasteiger partial charge is 0.244 e. The molecular formula is C21H24ClN7O. The lowest BCUT2D eigenvalue weighted by Crippen LogP contribution is -2.41. The van der Waals surface area contributed by atoms with Gasteiger partial charge in [-0.2, -0.15) is 5.10 Å². The molecule has 0 unspecified atom stereocenters. The average Bonchev–Trinajstić information content (AvgIpc) is 3.26. The van der Waals surface area contributed by atoms with Gasteiger partial charge in [0.2, 0.25) is 11.9 Å². The molecule has 1 atom stereocenters. The van der Waals surface area contributed by atoms with Crippen LogP contribution >= 0.6 is 11.6 Å². The Morgan fingerprint density at radius 3 is 2.90 bits per heavy atom. The fourth-order valence-electron chi connectivity index (χ4n) is 3.76. The number of piperidine rings is 1. The van der Waals surface area contributed by atoms with E-state index in [4.69, 9.17) is 16.6 Å². The molecule has 4 rings (SSSR count). The van der Waals surface area contributed by atoms with E-state index in [-0.39, 0.29) is 18.4 Å². The van der Waals surface area contributed by atoms with E-state index in [2.05, 4.69) is 15.1 Å². The highest BCUT2D eigenvalue weighted by Gasteiger charge is 2.28. The number of carbonyl (C=O) groups excluding carboxylic acids is 1. The first-order chi connectivity index (χ1) is 14.5. The van der Waals surface area contributed by atoms with Crippen molar-refractivity contribution in [1.82, 2.24) is 29.6 Å². The Labute approximate surface area is 180 Å². The molecule has 1 amide bonds. The number of nitrogens with zero attached hydrogens (tertiary/aromatic N) is 7. The van der Waals surface area contributed by atoms with Crippen molar-refractivity contribution < 1.29 is 4.79 Å². The topological polar surface area (TPSA) is 80.0 Å². The van der Waals surface area contributed by atoms with Crippen molar-refractivity contribution in [3.63, 3.8) is 0 Å². The SMILES string of the molecule is CN(C)c1ncc(-c2ccnc(Cl)c2)c([C@H]2CCCN(C(=O)Cn3cccn3)C2)n1. The van der Waals surface area contributed by atoms with Gasteiger partial charge in [-0.1, -0.05) is 11.6 Å². The molecule has 0 aromatic carbocycles. The lowest BCUT2D eigenvalue weighted by atomic mass is 9.90. The first kappa shape index (κ1) is 20.3. The Hall–Kier alpha value is -3.00. The molecule has 0 N–H and O–H groups in total. The summed E-state index contributed by atoms with van der Waals surface area (Å²) < 4.78 is 1.66. The molecule has 1 aliphatic heterocycles. The van der Waals surface area contributed by atoms with Gasteiger partial charge in [-0.15, -0.1) is 0 Å². The van der Waals surface area contributed by atoms with Gasteiger partial charge < -0.3 is 9.80 Å². The van der Waals surface area contributed by atoms with Crippen LogP contribution in [0.15, 0.2) is 43.0 Å². The lowest BCUT2D eigenvalue weighted by molar-refractivity contribution is -0.133. The largest absolute Gasteiger partial charge is 0.347 e. The number of halogens is 1. The number of hydrogen-bond donors (Lipinski definition) is 0. The van der Waals surface area contributed by atoms with E-state index in [0.717, 1.165) is 36.2 Å². The second kappa shape index (κ2) is 8.79. The molecule has 3 aromatic heterocycles. The van der Waals surface area contributed by atoms with E-state index in [1.54, 1.807) is 23.3 Å². The number of carbonyl (C=O) groups is 1. The standard InChI is InChI=1S/C21H24ClN7O/c1-27(2)21-24-12-17(15-6-8-23-18(22)11-15)20(26-21)16-5-3-9-28(13-16)19(30)14-29-10-4-7-25-29/h4,6-8,10-12,16H,3,5,9,13-14H2,1-2H3/t16-/m0/s1. The van der Waals surface area contributed by atoms with Crippen molar-refractivity contribution in [1.29, 1.82) is 0 Å². The monoisotopic (exact) mass is 425 g/mol. The van der Waals surface area contributed by atoms with Crippen molar-refractivity contribution in [3.8, 4) is 11.1 Å². The van der Waals surface area contributed by atoms with Gasteiger partial charge in [0.15, 0.2) is 0 Å². The number of amides is 1. The molecule has 1 aliphatic rings. The summed E-state index contributed by atoms with van der Waals surface area (Å²) in [6, 6.07) is 5.55. The summed E-state index contributed by atoms with van der Waals surface area (Å²) in [6.07, 6.45) is 8.89. The molecule has 9 heteroatoms. The molecule has 8 nitrogen and oxygen atoms in total. The van der Waals surface area contributed by atoms with E-state index in [1.807, 2.05) is 48.3 Å². The third-order valence-electron chi connectivity index (χ3n) is 5.26. The van der Waals surface area contributed by atoms with Crippen LogP contribution in [0.1, 0.15) is 24.5 Å². The second-order valence-corrected chi connectivity index (χ2v) is 8.00. The Bertz CT molecular complexity index is 1020. The van der Waals surface area contributed by atoms with Gasteiger partial charge in [-0.05, 0) is 36.6 Å². The van der Waals surface area contributed by atoms with Gasteiger partial charge >= 0.3 is 0 Å². The fraction of sp³-hybridized carbons (Fsp3) is 0.381. The maximum Gasteiger partial charge on any atom is 0.244 e. The summed E-state index contributed by atoms with van der Waals surface area (Å²) in [5.41, 5.74) is 2.79. The molecule has 156 valence electrons. The quantitative estimate of drug-likeness (QED) is 0.585. The van der Waals surface area contributed by atoms with Crippen LogP contribution in [0.25, 0.3) is 11.1 Å². The van der Waals surface area contributed by atoms with E-state index < -0.39 is 0 Å². The normalized spacial score (nSPS) is 16.5. The van der Waals surface area contributed by atoms with Crippen LogP contribution in [0.2, 0.25) is 5.15 Å². The molecule has 1 fully saturated rings. The fourth-order valence-corrected chi connectivity index (χ4v) is 3.94. The predicted octanol–water partition coefficient (Wildman–Crippen LogP) is 2.86. The van der Waals surface area contributed by atoms with E-state index in [9.17, 15) is 4.79 Å². The van der Waals surface area contributed by atoms with Crippen molar-refractivity contribution >= 4 is 23.5 Å². The Morgan fingerprint density at radius 1 is 1.30 bits per heavy atom. The molecule has 3 aromatic rings. The van der Waals surface area contributed by atoms with Crippen molar-refractivity contribution in [2.24, 2.45) is 0 Å². The number of hydrogen-bond acceptors (Lipinski definition) is 6. The zero-order valence-electron chi connectivity index (χ0n) is 17.1. The highest BCUT2D eigenvalue weighted by molar-refractivity contribution is 6.29. The van der Waals surface area contributed by atoms with Crippen LogP contribution in [0.4, 0.5) is 5.95 Å². The van der Waals surface area contributed by atoms with Gasteiger partial charge in [0.1, 0.15) is 11.7 Å². The molecule has 30 heavy (non-hydrogen) atoms. The molecule has 0 spiro atoms. The van der Waals surface area contributed by atoms with Crippen molar-refractivity contribution in [3.05, 3.63) is 53.8 Å². The minimum Gasteiger partial charge on any atom is -0.347 e. The maximum absolute atomic E-state index is 12.8. The Morgan fingerprint density at radius 2 is 2.17 bits per heavy atom. The van der Waals surface area contributed by atoms with Crippen LogP contribution in [-0.2, 0) is 11.3 Å². The summed E-state index contributed by atoms with van der Waals surface area (Å²) in [6.45, 7) is 1.62. The number of anilines is 1. The minimum absolute atomic E-state index is 0.0683. The molecule has 0 radical (unpaired) electrons. The van der Waals surface area contributed by atoms with E-state index >= 15 is 0 Å². The summed E-state index contributed by atoms with van der Waals surface area (Å²) in [5, 5.41) is 4.57. The van der Waals surface area contributed by atoms with Gasteiger partial charge in [0.25, 0.3) is 0 Å². The zero-order valence-corrected chi connectivity index (χ0v) is 17.8. The van der Waals surface area contributed by atoms with E-state index in [1.165, 1.54) is 0 Å². The number of likely N-dealkylation sites (tertiary alicyclic amines) is 1. The highest BCUT2D eigenvalue weighted by Crippen LogP contribution is 2.34. The second-order valence-electron chi connectivity index (χ2n) is 7.61. The van der Waals surface area contributed by atoms with Gasteiger partial charge in [0.05, 0.1) is 5.69 Å². The van der Waals surface area contributed by atoms with E-state index in [0.29, 0.717) is 17.6 Å². The number of rotatable bonds is 5. The molecular weight excluding hydrogens is 402 g/mol. The van der Waals surface area contributed by atoms with Crippen LogP contribution < -0.4 is 4.90 Å². The summed E-state index contributed by atoms with van der Waals surface area (Å²) in [7, 11) is 3.84. The molecule has 4 heterocycles. The van der Waals surface area contributed by atoms with Crippen molar-refractivity contribution in [2.75, 3.05) is 32.1 Å². The molecule has 0 aliphatic carbocycles. The summed E-state index contributed by atoms with van der Waals surface area (Å²) in [4.78, 5) is 30.1. The Balaban J connectivity index is 1.64. The zero-order chi connectivity index (χ0) is 21.1.